The van der Waals surface area contributed by atoms with Crippen molar-refractivity contribution in [3.63, 3.8) is 0 Å². The Morgan fingerprint density at radius 2 is 2.35 bits per heavy atom. The largest absolute Gasteiger partial charge is 0.479 e. The van der Waals surface area contributed by atoms with Gasteiger partial charge in [-0.1, -0.05) is 0 Å². The molecule has 1 heterocycles. The van der Waals surface area contributed by atoms with E-state index in [-0.39, 0.29) is 0 Å². The van der Waals surface area contributed by atoms with Crippen LogP contribution in [0.4, 0.5) is 4.79 Å². The first-order chi connectivity index (χ1) is 8.08. The molecule has 2 amide bonds. The number of nitrogens with zero attached hydrogens (tertiary/aromatic N) is 3. The molecule has 1 rings (SSSR count). The van der Waals surface area contributed by atoms with Crippen molar-refractivity contribution in [1.82, 2.24) is 25.6 Å². The second kappa shape index (κ2) is 6.43. The van der Waals surface area contributed by atoms with E-state index in [0.717, 1.165) is 0 Å². The number of carbonyl (C=O) groups is 2. The van der Waals surface area contributed by atoms with E-state index in [1.807, 2.05) is 5.48 Å². The van der Waals surface area contributed by atoms with Crippen LogP contribution >= 0.6 is 0 Å². The predicted octanol–water partition coefficient (Wildman–Crippen LogP) is -1.33. The number of aromatic nitrogens is 3. The summed E-state index contributed by atoms with van der Waals surface area (Å²) in [4.78, 5) is 29.4. The molecule has 17 heavy (non-hydrogen) atoms. The zero-order valence-corrected chi connectivity index (χ0v) is 9.21. The van der Waals surface area contributed by atoms with Gasteiger partial charge >= 0.3 is 12.0 Å². The standard InChI is InChI=1S/C8H13N5O4/c1-13-5-10-6(11-13)2-3-9-8(16)12-17-4-7(14)15/h5H,2-4H2,1H3,(H,14,15)(H2,9,12,16). The summed E-state index contributed by atoms with van der Waals surface area (Å²) in [6, 6.07) is -0.609. The monoisotopic (exact) mass is 243 g/mol. The van der Waals surface area contributed by atoms with Crippen LogP contribution in [0.5, 0.6) is 0 Å². The smallest absolute Gasteiger partial charge is 0.338 e. The van der Waals surface area contributed by atoms with E-state index in [9.17, 15) is 9.59 Å². The lowest BCUT2D eigenvalue weighted by atomic mass is 10.4. The number of aliphatic carboxylic acids is 1. The molecule has 9 nitrogen and oxygen atoms in total. The number of carboxylic acid groups (broad SMARTS) is 1. The highest BCUT2D eigenvalue weighted by Crippen LogP contribution is 1.87. The third-order valence-electron chi connectivity index (χ3n) is 1.64. The SMILES string of the molecule is Cn1cnc(CCNC(=O)NOCC(=O)O)n1. The Hall–Kier alpha value is -2.16. The number of hydrogen-bond acceptors (Lipinski definition) is 5. The number of hydrogen-bond donors (Lipinski definition) is 3. The number of amides is 2. The molecule has 0 saturated heterocycles. The summed E-state index contributed by atoms with van der Waals surface area (Å²) in [5.41, 5.74) is 1.93. The fourth-order valence-corrected chi connectivity index (χ4v) is 0.986. The Balaban J connectivity index is 2.10. The lowest BCUT2D eigenvalue weighted by molar-refractivity contribution is -0.144. The fourth-order valence-electron chi connectivity index (χ4n) is 0.986. The topological polar surface area (TPSA) is 118 Å². The van der Waals surface area contributed by atoms with Crippen molar-refractivity contribution in [1.29, 1.82) is 0 Å². The second-order valence-corrected chi connectivity index (χ2v) is 3.12. The maximum atomic E-state index is 11.0. The highest BCUT2D eigenvalue weighted by Gasteiger charge is 2.03. The summed E-state index contributed by atoms with van der Waals surface area (Å²) in [6.07, 6.45) is 2.04. The van der Waals surface area contributed by atoms with Crippen molar-refractivity contribution in [3.05, 3.63) is 12.2 Å². The predicted molar refractivity (Wildman–Crippen MR) is 54.8 cm³/mol. The first-order valence-corrected chi connectivity index (χ1v) is 4.80. The van der Waals surface area contributed by atoms with Crippen LogP contribution < -0.4 is 10.8 Å². The summed E-state index contributed by atoms with van der Waals surface area (Å²) >= 11 is 0. The van der Waals surface area contributed by atoms with Gasteiger partial charge in [-0.25, -0.2) is 20.1 Å². The minimum absolute atomic E-state index is 0.326. The maximum Gasteiger partial charge on any atom is 0.338 e. The highest BCUT2D eigenvalue weighted by atomic mass is 16.7. The van der Waals surface area contributed by atoms with E-state index < -0.39 is 18.6 Å². The van der Waals surface area contributed by atoms with Gasteiger partial charge in [0.1, 0.15) is 6.33 Å². The van der Waals surface area contributed by atoms with Crippen molar-refractivity contribution >= 4 is 12.0 Å². The Bertz CT molecular complexity index is 391. The van der Waals surface area contributed by atoms with Gasteiger partial charge in [0.05, 0.1) is 0 Å². The molecule has 0 aliphatic heterocycles. The number of carboxylic acids is 1. The average Bonchev–Trinajstić information content (AvgIpc) is 2.63. The molecule has 0 bridgehead atoms. The summed E-state index contributed by atoms with van der Waals surface area (Å²) < 4.78 is 1.56. The van der Waals surface area contributed by atoms with Crippen LogP contribution in [-0.2, 0) is 23.1 Å². The third-order valence-corrected chi connectivity index (χ3v) is 1.64. The van der Waals surface area contributed by atoms with E-state index in [2.05, 4.69) is 20.2 Å². The summed E-state index contributed by atoms with van der Waals surface area (Å²) in [5, 5.41) is 14.7. The Morgan fingerprint density at radius 1 is 1.59 bits per heavy atom. The van der Waals surface area contributed by atoms with Crippen molar-refractivity contribution in [2.75, 3.05) is 13.2 Å². The summed E-state index contributed by atoms with van der Waals surface area (Å²) in [6.45, 7) is -0.262. The highest BCUT2D eigenvalue weighted by molar-refractivity contribution is 5.73. The molecule has 0 saturated carbocycles. The van der Waals surface area contributed by atoms with Crippen molar-refractivity contribution in [2.45, 2.75) is 6.42 Å². The lowest BCUT2D eigenvalue weighted by Crippen LogP contribution is -2.37. The van der Waals surface area contributed by atoms with Gasteiger partial charge in [-0.05, 0) is 0 Å². The van der Waals surface area contributed by atoms with Gasteiger partial charge in [0.15, 0.2) is 12.4 Å². The minimum atomic E-state index is -1.16. The number of urea groups is 1. The number of nitrogens with one attached hydrogen (secondary N) is 2. The number of aryl methyl sites for hydroxylation is 1. The minimum Gasteiger partial charge on any atom is -0.479 e. The fraction of sp³-hybridized carbons (Fsp3) is 0.500. The van der Waals surface area contributed by atoms with Crippen LogP contribution in [-0.4, -0.2) is 45.0 Å². The van der Waals surface area contributed by atoms with Gasteiger partial charge < -0.3 is 10.4 Å². The lowest BCUT2D eigenvalue weighted by Gasteiger charge is -2.04. The molecule has 1 aromatic rings. The van der Waals surface area contributed by atoms with E-state index in [1.54, 1.807) is 18.1 Å². The van der Waals surface area contributed by atoms with Crippen molar-refractivity contribution < 1.29 is 19.5 Å². The molecule has 0 radical (unpaired) electrons. The molecule has 0 aromatic carbocycles. The van der Waals surface area contributed by atoms with E-state index in [0.29, 0.717) is 18.8 Å². The molecule has 0 aliphatic rings. The van der Waals surface area contributed by atoms with Gasteiger partial charge in [-0.2, -0.15) is 5.10 Å². The Kier molecular flexibility index (Phi) is 4.88. The summed E-state index contributed by atoms with van der Waals surface area (Å²) in [7, 11) is 1.75. The zero-order chi connectivity index (χ0) is 12.7. The van der Waals surface area contributed by atoms with Crippen LogP contribution in [0.3, 0.4) is 0 Å². The number of hydroxylamine groups is 1. The molecule has 0 spiro atoms. The first-order valence-electron chi connectivity index (χ1n) is 4.80. The molecular weight excluding hydrogens is 230 g/mol. The molecule has 94 valence electrons. The molecule has 0 fully saturated rings. The molecule has 0 aliphatic carbocycles. The average molecular weight is 243 g/mol. The van der Waals surface area contributed by atoms with Crippen molar-refractivity contribution in [3.8, 4) is 0 Å². The molecule has 0 atom stereocenters. The molecule has 0 unspecified atom stereocenters. The Morgan fingerprint density at radius 3 is 2.94 bits per heavy atom. The van der Waals surface area contributed by atoms with E-state index in [1.165, 1.54) is 0 Å². The molecule has 9 heteroatoms. The van der Waals surface area contributed by atoms with Gasteiger partial charge in [0, 0.05) is 20.0 Å². The quantitative estimate of drug-likeness (QED) is 0.533. The second-order valence-electron chi connectivity index (χ2n) is 3.12. The van der Waals surface area contributed by atoms with Gasteiger partial charge in [0.2, 0.25) is 0 Å². The van der Waals surface area contributed by atoms with Crippen LogP contribution in [0.15, 0.2) is 6.33 Å². The molecule has 1 aromatic heterocycles. The van der Waals surface area contributed by atoms with Crippen LogP contribution in [0.1, 0.15) is 5.82 Å². The van der Waals surface area contributed by atoms with Crippen LogP contribution in [0.25, 0.3) is 0 Å². The third kappa shape index (κ3) is 5.47. The normalized spacial score (nSPS) is 9.94. The van der Waals surface area contributed by atoms with Crippen LogP contribution in [0.2, 0.25) is 0 Å². The zero-order valence-electron chi connectivity index (χ0n) is 9.21. The van der Waals surface area contributed by atoms with Gasteiger partial charge in [-0.15, -0.1) is 0 Å². The van der Waals surface area contributed by atoms with Crippen LogP contribution in [0, 0.1) is 0 Å². The van der Waals surface area contributed by atoms with E-state index >= 15 is 0 Å². The summed E-state index contributed by atoms with van der Waals surface area (Å²) in [5.74, 6) is -0.553. The van der Waals surface area contributed by atoms with E-state index in [4.69, 9.17) is 5.11 Å². The van der Waals surface area contributed by atoms with Crippen molar-refractivity contribution in [2.24, 2.45) is 7.05 Å². The number of rotatable bonds is 6. The first kappa shape index (κ1) is 12.9. The van der Waals surface area contributed by atoms with Gasteiger partial charge in [-0.3, -0.25) is 9.52 Å². The maximum absolute atomic E-state index is 11.0. The molecule has 3 N–H and O–H groups in total. The number of carbonyl (C=O) groups excluding carboxylic acids is 1. The van der Waals surface area contributed by atoms with Gasteiger partial charge in [0.25, 0.3) is 0 Å². The Labute approximate surface area is 96.7 Å². The molecular formula is C8H13N5O4.